The molecule has 4 aromatic rings. The van der Waals surface area contributed by atoms with Crippen LogP contribution in [0, 0.1) is 30.9 Å². The van der Waals surface area contributed by atoms with Crippen molar-refractivity contribution in [3.8, 4) is 11.4 Å². The lowest BCUT2D eigenvalue weighted by molar-refractivity contribution is -0.384. The van der Waals surface area contributed by atoms with E-state index in [4.69, 9.17) is 17.0 Å². The van der Waals surface area contributed by atoms with Gasteiger partial charge in [-0.05, 0) is 81.0 Å². The lowest BCUT2D eigenvalue weighted by Gasteiger charge is -2.28. The minimum Gasteiger partial charge on any atom is -0.496 e. The zero-order valence-corrected chi connectivity index (χ0v) is 21.8. The summed E-state index contributed by atoms with van der Waals surface area (Å²) in [6.07, 6.45) is 1.77. The Morgan fingerprint density at radius 1 is 1.05 bits per heavy atom. The number of aryl methyl sites for hydroxylation is 2. The first-order chi connectivity index (χ1) is 17.8. The Morgan fingerprint density at radius 3 is 2.46 bits per heavy atom. The van der Waals surface area contributed by atoms with Gasteiger partial charge in [0.2, 0.25) is 0 Å². The summed E-state index contributed by atoms with van der Waals surface area (Å²) in [6, 6.07) is 20.7. The highest BCUT2D eigenvalue weighted by Crippen LogP contribution is 2.44. The number of nitro benzene ring substituents is 1. The van der Waals surface area contributed by atoms with Crippen LogP contribution in [0.15, 0.2) is 72.9 Å². The van der Waals surface area contributed by atoms with E-state index < -0.39 is 0 Å². The molecular formula is C28H27N5O3S. The highest BCUT2D eigenvalue weighted by atomic mass is 32.1. The number of pyridine rings is 1. The fourth-order valence-corrected chi connectivity index (χ4v) is 5.42. The fourth-order valence-electron chi connectivity index (χ4n) is 5.08. The van der Waals surface area contributed by atoms with Gasteiger partial charge in [-0.2, -0.15) is 0 Å². The number of aromatic nitrogens is 2. The van der Waals surface area contributed by atoms with Gasteiger partial charge in [0, 0.05) is 23.3 Å². The molecule has 37 heavy (non-hydrogen) atoms. The lowest BCUT2D eigenvalue weighted by atomic mass is 9.96. The van der Waals surface area contributed by atoms with Crippen LogP contribution in [-0.2, 0) is 0 Å². The number of thiocarbonyl (C=S) groups is 1. The number of ether oxygens (including phenoxy) is 1. The van der Waals surface area contributed by atoms with Crippen LogP contribution in [0.4, 0.5) is 11.4 Å². The molecule has 0 bridgehead atoms. The SMILES string of the molecule is COc1ccc(-n2c(C)cc([C@@H]3[C@@H](c4ccccn4)NC(=S)N3c3ccc(C)cc3)c2C)c([N+](=O)[O-])c1. The Kier molecular flexibility index (Phi) is 6.39. The number of rotatable bonds is 6. The first kappa shape index (κ1) is 24.5. The van der Waals surface area contributed by atoms with Crippen molar-refractivity contribution in [3.05, 3.63) is 111 Å². The van der Waals surface area contributed by atoms with E-state index in [9.17, 15) is 10.1 Å². The summed E-state index contributed by atoms with van der Waals surface area (Å²) in [7, 11) is 1.50. The quantitative estimate of drug-likeness (QED) is 0.195. The highest BCUT2D eigenvalue weighted by molar-refractivity contribution is 7.80. The third-order valence-electron chi connectivity index (χ3n) is 6.82. The number of hydrogen-bond donors (Lipinski definition) is 1. The summed E-state index contributed by atoms with van der Waals surface area (Å²) < 4.78 is 7.17. The molecule has 1 aliphatic heterocycles. The lowest BCUT2D eigenvalue weighted by Crippen LogP contribution is -2.29. The van der Waals surface area contributed by atoms with Crippen LogP contribution < -0.4 is 15.0 Å². The molecule has 2 aromatic heterocycles. The second-order valence-corrected chi connectivity index (χ2v) is 9.49. The molecule has 2 aromatic carbocycles. The van der Waals surface area contributed by atoms with Crippen molar-refractivity contribution in [2.75, 3.05) is 12.0 Å². The number of methoxy groups -OCH3 is 1. The third kappa shape index (κ3) is 4.31. The van der Waals surface area contributed by atoms with Crippen molar-refractivity contribution < 1.29 is 9.66 Å². The Balaban J connectivity index is 1.70. The van der Waals surface area contributed by atoms with Gasteiger partial charge < -0.3 is 19.5 Å². The van der Waals surface area contributed by atoms with E-state index in [1.54, 1.807) is 18.3 Å². The molecule has 1 aliphatic rings. The second kappa shape index (κ2) is 9.67. The maximum absolute atomic E-state index is 12.0. The van der Waals surface area contributed by atoms with Crippen LogP contribution in [-0.4, -0.2) is 26.7 Å². The monoisotopic (exact) mass is 513 g/mol. The molecular weight excluding hydrogens is 486 g/mol. The predicted octanol–water partition coefficient (Wildman–Crippen LogP) is 5.89. The first-order valence-electron chi connectivity index (χ1n) is 11.9. The van der Waals surface area contributed by atoms with Crippen molar-refractivity contribution in [1.29, 1.82) is 0 Å². The Hall–Kier alpha value is -4.24. The largest absolute Gasteiger partial charge is 0.496 e. The van der Waals surface area contributed by atoms with Gasteiger partial charge in [0.1, 0.15) is 11.4 Å². The molecule has 0 unspecified atom stereocenters. The second-order valence-electron chi connectivity index (χ2n) is 9.11. The number of nitrogens with zero attached hydrogens (tertiary/aromatic N) is 4. The van der Waals surface area contributed by atoms with Gasteiger partial charge in [-0.3, -0.25) is 15.1 Å². The number of nitro groups is 1. The molecule has 0 spiro atoms. The molecule has 1 fully saturated rings. The van der Waals surface area contributed by atoms with Crippen molar-refractivity contribution >= 4 is 28.7 Å². The summed E-state index contributed by atoms with van der Waals surface area (Å²) in [4.78, 5) is 18.4. The van der Waals surface area contributed by atoms with Crippen LogP contribution >= 0.6 is 12.2 Å². The molecule has 1 saturated heterocycles. The smallest absolute Gasteiger partial charge is 0.296 e. The number of anilines is 1. The standard InChI is InChI=1S/C28H27N5O3S/c1-17-8-10-20(11-9-17)32-27(26(30-28(32)37)23-7-5-6-14-29-23)22-15-18(2)31(19(22)3)24-13-12-21(36-4)16-25(24)33(34)35/h5-16,26-27H,1-4H3,(H,30,37)/t26-,27-/m1/s1. The summed E-state index contributed by atoms with van der Waals surface area (Å²) in [5.41, 5.74) is 6.22. The number of hydrogen-bond acceptors (Lipinski definition) is 5. The third-order valence-corrected chi connectivity index (χ3v) is 7.13. The van der Waals surface area contributed by atoms with Crippen LogP contribution in [0.2, 0.25) is 0 Å². The predicted molar refractivity (Wildman–Crippen MR) is 148 cm³/mol. The Labute approximate surface area is 220 Å². The molecule has 5 rings (SSSR count). The first-order valence-corrected chi connectivity index (χ1v) is 12.3. The van der Waals surface area contributed by atoms with Crippen LogP contribution in [0.5, 0.6) is 5.75 Å². The Morgan fingerprint density at radius 2 is 1.81 bits per heavy atom. The molecule has 0 saturated carbocycles. The average Bonchev–Trinajstić information content (AvgIpc) is 3.39. The fraction of sp³-hybridized carbons (Fsp3) is 0.214. The van der Waals surface area contributed by atoms with Crippen molar-refractivity contribution in [3.63, 3.8) is 0 Å². The van der Waals surface area contributed by atoms with Crippen molar-refractivity contribution in [2.24, 2.45) is 0 Å². The molecule has 0 aliphatic carbocycles. The summed E-state index contributed by atoms with van der Waals surface area (Å²) in [5.74, 6) is 0.434. The van der Waals surface area contributed by atoms with Gasteiger partial charge in [0.15, 0.2) is 5.11 Å². The van der Waals surface area contributed by atoms with Gasteiger partial charge >= 0.3 is 0 Å². The maximum Gasteiger partial charge on any atom is 0.296 e. The van der Waals surface area contributed by atoms with Crippen LogP contribution in [0.1, 0.15) is 40.3 Å². The molecule has 0 radical (unpaired) electrons. The number of benzene rings is 2. The van der Waals surface area contributed by atoms with E-state index in [1.165, 1.54) is 13.2 Å². The van der Waals surface area contributed by atoms with E-state index in [-0.39, 0.29) is 22.7 Å². The molecule has 1 N–H and O–H groups in total. The zero-order chi connectivity index (χ0) is 26.3. The molecule has 8 nitrogen and oxygen atoms in total. The van der Waals surface area contributed by atoms with Gasteiger partial charge in [-0.15, -0.1) is 0 Å². The summed E-state index contributed by atoms with van der Waals surface area (Å²) >= 11 is 5.85. The topological polar surface area (TPSA) is 85.5 Å². The van der Waals surface area contributed by atoms with Crippen molar-refractivity contribution in [2.45, 2.75) is 32.9 Å². The van der Waals surface area contributed by atoms with E-state index in [1.807, 2.05) is 43.5 Å². The van der Waals surface area contributed by atoms with E-state index >= 15 is 0 Å². The maximum atomic E-state index is 12.0. The van der Waals surface area contributed by atoms with Crippen molar-refractivity contribution in [1.82, 2.24) is 14.9 Å². The summed E-state index contributed by atoms with van der Waals surface area (Å²) in [6.45, 7) is 5.99. The van der Waals surface area contributed by atoms with Gasteiger partial charge in [-0.1, -0.05) is 23.8 Å². The van der Waals surface area contributed by atoms with Crippen LogP contribution in [0.3, 0.4) is 0 Å². The molecule has 0 amide bonds. The van der Waals surface area contributed by atoms with Gasteiger partial charge in [0.25, 0.3) is 5.69 Å². The average molecular weight is 514 g/mol. The zero-order valence-electron chi connectivity index (χ0n) is 21.0. The highest BCUT2D eigenvalue weighted by Gasteiger charge is 2.42. The molecule has 2 atom stereocenters. The Bertz CT molecular complexity index is 1480. The minimum absolute atomic E-state index is 0.0237. The van der Waals surface area contributed by atoms with E-state index in [2.05, 4.69) is 45.5 Å². The normalized spacial score (nSPS) is 17.1. The van der Waals surface area contributed by atoms with E-state index in [0.717, 1.165) is 33.9 Å². The molecule has 9 heteroatoms. The van der Waals surface area contributed by atoms with Gasteiger partial charge in [-0.25, -0.2) is 0 Å². The molecule has 3 heterocycles. The van der Waals surface area contributed by atoms with Gasteiger partial charge in [0.05, 0.1) is 35.9 Å². The summed E-state index contributed by atoms with van der Waals surface area (Å²) in [5, 5.41) is 16.1. The van der Waals surface area contributed by atoms with Crippen LogP contribution in [0.25, 0.3) is 5.69 Å². The molecule has 188 valence electrons. The van der Waals surface area contributed by atoms with E-state index in [0.29, 0.717) is 16.5 Å². The number of nitrogens with one attached hydrogen (secondary N) is 1. The minimum atomic E-state index is -0.377.